The number of rotatable bonds is 3. The Balaban J connectivity index is 1.60. The highest BCUT2D eigenvalue weighted by molar-refractivity contribution is 5.80. The zero-order chi connectivity index (χ0) is 11.8. The molecule has 2 aliphatic rings. The van der Waals surface area contributed by atoms with Crippen LogP contribution in [0.5, 0.6) is 0 Å². The summed E-state index contributed by atoms with van der Waals surface area (Å²) in [5.41, 5.74) is 0. The molecule has 2 N–H and O–H groups in total. The fraction of sp³-hybridized carbons (Fsp3) is 0.615. The number of hydrogen-bond donors (Lipinski definition) is 2. The zero-order valence-electron chi connectivity index (χ0n) is 9.98. The summed E-state index contributed by atoms with van der Waals surface area (Å²) in [7, 11) is 0. The Bertz CT molecular complexity index is 402. The van der Waals surface area contributed by atoms with Crippen LogP contribution in [-0.4, -0.2) is 18.0 Å². The summed E-state index contributed by atoms with van der Waals surface area (Å²) in [6.07, 6.45) is 4.98. The van der Waals surface area contributed by atoms with Crippen molar-refractivity contribution in [2.75, 3.05) is 0 Å². The largest absolute Gasteiger partial charge is 0.467 e. The van der Waals surface area contributed by atoms with E-state index in [0.717, 1.165) is 18.6 Å². The number of carbonyl (C=O) groups is 1. The van der Waals surface area contributed by atoms with Crippen LogP contribution in [0.3, 0.4) is 0 Å². The first kappa shape index (κ1) is 10.8. The predicted molar refractivity (Wildman–Crippen MR) is 63.3 cm³/mol. The normalized spacial score (nSPS) is 32.6. The molecule has 1 amide bonds. The second kappa shape index (κ2) is 4.18. The van der Waals surface area contributed by atoms with Gasteiger partial charge in [-0.25, -0.2) is 0 Å². The molecule has 1 aromatic rings. The molecular formula is C13H18N2O2. The van der Waals surface area contributed by atoms with Gasteiger partial charge in [-0.05, 0) is 38.3 Å². The van der Waals surface area contributed by atoms with E-state index in [1.807, 2.05) is 19.1 Å². The third kappa shape index (κ3) is 1.97. The maximum Gasteiger partial charge on any atom is 0.225 e. The maximum absolute atomic E-state index is 12.1. The van der Waals surface area contributed by atoms with Crippen molar-refractivity contribution < 1.29 is 9.21 Å². The first-order valence-corrected chi connectivity index (χ1v) is 6.34. The Hall–Kier alpha value is -1.29. The molecule has 17 heavy (non-hydrogen) atoms. The molecular weight excluding hydrogens is 216 g/mol. The van der Waals surface area contributed by atoms with Crippen LogP contribution in [0.1, 0.15) is 38.0 Å². The van der Waals surface area contributed by atoms with Crippen molar-refractivity contribution in [1.29, 1.82) is 0 Å². The molecule has 2 bridgehead atoms. The summed E-state index contributed by atoms with van der Waals surface area (Å²) in [5.74, 6) is 1.12. The number of fused-ring (bicyclic) bond motifs is 2. The van der Waals surface area contributed by atoms with Gasteiger partial charge in [-0.15, -0.1) is 0 Å². The smallest absolute Gasteiger partial charge is 0.225 e. The van der Waals surface area contributed by atoms with Crippen molar-refractivity contribution in [1.82, 2.24) is 10.6 Å². The minimum atomic E-state index is -0.0448. The third-order valence-electron chi connectivity index (χ3n) is 3.97. The molecule has 0 spiro atoms. The Labute approximate surface area is 101 Å². The number of nitrogens with one attached hydrogen (secondary N) is 2. The first-order valence-electron chi connectivity index (χ1n) is 6.34. The Morgan fingerprint density at radius 2 is 2.47 bits per heavy atom. The Kier molecular flexibility index (Phi) is 2.67. The number of furan rings is 1. The summed E-state index contributed by atoms with van der Waals surface area (Å²) >= 11 is 0. The fourth-order valence-corrected chi connectivity index (χ4v) is 3.04. The van der Waals surface area contributed by atoms with Gasteiger partial charge in [0.05, 0.1) is 18.2 Å². The summed E-state index contributed by atoms with van der Waals surface area (Å²) < 4.78 is 5.29. The maximum atomic E-state index is 12.1. The van der Waals surface area contributed by atoms with Crippen LogP contribution >= 0.6 is 0 Å². The SMILES string of the molecule is CC(NC(=O)C1CC2CCC1N2)c1ccco1. The van der Waals surface area contributed by atoms with Gasteiger partial charge in [-0.2, -0.15) is 0 Å². The van der Waals surface area contributed by atoms with E-state index in [-0.39, 0.29) is 17.9 Å². The lowest BCUT2D eigenvalue weighted by Crippen LogP contribution is -2.38. The molecule has 2 aliphatic heterocycles. The highest BCUT2D eigenvalue weighted by Crippen LogP contribution is 2.33. The van der Waals surface area contributed by atoms with Crippen molar-refractivity contribution in [2.45, 2.75) is 44.3 Å². The van der Waals surface area contributed by atoms with Gasteiger partial charge in [0.2, 0.25) is 5.91 Å². The summed E-state index contributed by atoms with van der Waals surface area (Å²) in [6.45, 7) is 1.96. The zero-order valence-corrected chi connectivity index (χ0v) is 9.98. The van der Waals surface area contributed by atoms with Crippen molar-refractivity contribution in [3.05, 3.63) is 24.2 Å². The van der Waals surface area contributed by atoms with Gasteiger partial charge in [0, 0.05) is 12.1 Å². The van der Waals surface area contributed by atoms with Crippen LogP contribution in [-0.2, 0) is 4.79 Å². The van der Waals surface area contributed by atoms with E-state index in [1.54, 1.807) is 6.26 Å². The molecule has 2 fully saturated rings. The van der Waals surface area contributed by atoms with E-state index in [1.165, 1.54) is 6.42 Å². The average Bonchev–Trinajstić information content (AvgIpc) is 3.05. The molecule has 4 unspecified atom stereocenters. The van der Waals surface area contributed by atoms with Crippen LogP contribution in [0.25, 0.3) is 0 Å². The third-order valence-corrected chi connectivity index (χ3v) is 3.97. The second-order valence-corrected chi connectivity index (χ2v) is 5.14. The second-order valence-electron chi connectivity index (χ2n) is 5.14. The van der Waals surface area contributed by atoms with Gasteiger partial charge >= 0.3 is 0 Å². The van der Waals surface area contributed by atoms with E-state index < -0.39 is 0 Å². The molecule has 92 valence electrons. The standard InChI is InChI=1S/C13H18N2O2/c1-8(12-3-2-6-17-12)14-13(16)10-7-9-4-5-11(10)15-9/h2-3,6,8-11,15H,4-5,7H2,1H3,(H,14,16). The molecule has 0 saturated carbocycles. The van der Waals surface area contributed by atoms with Gasteiger partial charge in [-0.1, -0.05) is 0 Å². The lowest BCUT2D eigenvalue weighted by atomic mass is 9.88. The first-order chi connectivity index (χ1) is 8.24. The molecule has 0 radical (unpaired) electrons. The predicted octanol–water partition coefficient (Wildman–Crippen LogP) is 1.60. The lowest BCUT2D eigenvalue weighted by Gasteiger charge is -2.21. The number of amides is 1. The summed E-state index contributed by atoms with van der Waals surface area (Å²) in [4.78, 5) is 12.1. The quantitative estimate of drug-likeness (QED) is 0.835. The van der Waals surface area contributed by atoms with Gasteiger partial charge in [0.15, 0.2) is 0 Å². The van der Waals surface area contributed by atoms with E-state index >= 15 is 0 Å². The average molecular weight is 234 g/mol. The van der Waals surface area contributed by atoms with Crippen molar-refractivity contribution >= 4 is 5.91 Å². The van der Waals surface area contributed by atoms with Crippen molar-refractivity contribution in [3.8, 4) is 0 Å². The van der Waals surface area contributed by atoms with E-state index in [4.69, 9.17) is 4.42 Å². The Morgan fingerprint density at radius 1 is 1.59 bits per heavy atom. The molecule has 2 saturated heterocycles. The molecule has 3 rings (SSSR count). The van der Waals surface area contributed by atoms with Gasteiger partial charge in [0.25, 0.3) is 0 Å². The van der Waals surface area contributed by atoms with Gasteiger partial charge in [0.1, 0.15) is 5.76 Å². The van der Waals surface area contributed by atoms with Crippen LogP contribution in [0.15, 0.2) is 22.8 Å². The fourth-order valence-electron chi connectivity index (χ4n) is 3.04. The van der Waals surface area contributed by atoms with Crippen molar-refractivity contribution in [3.63, 3.8) is 0 Å². The number of hydrogen-bond acceptors (Lipinski definition) is 3. The molecule has 3 heterocycles. The minimum absolute atomic E-state index is 0.0448. The highest BCUT2D eigenvalue weighted by Gasteiger charge is 2.42. The Morgan fingerprint density at radius 3 is 3.06 bits per heavy atom. The lowest BCUT2D eigenvalue weighted by molar-refractivity contribution is -0.126. The van der Waals surface area contributed by atoms with Crippen molar-refractivity contribution in [2.24, 2.45) is 5.92 Å². The molecule has 1 aromatic heterocycles. The highest BCUT2D eigenvalue weighted by atomic mass is 16.3. The molecule has 4 atom stereocenters. The van der Waals surface area contributed by atoms with E-state index in [0.29, 0.717) is 12.1 Å². The molecule has 4 heteroatoms. The number of carbonyl (C=O) groups excluding carboxylic acids is 1. The molecule has 0 aromatic carbocycles. The summed E-state index contributed by atoms with van der Waals surface area (Å²) in [6, 6.07) is 4.65. The van der Waals surface area contributed by atoms with Crippen LogP contribution in [0, 0.1) is 5.92 Å². The van der Waals surface area contributed by atoms with Crippen LogP contribution in [0.2, 0.25) is 0 Å². The van der Waals surface area contributed by atoms with Gasteiger partial charge < -0.3 is 15.1 Å². The topological polar surface area (TPSA) is 54.3 Å². The molecule has 4 nitrogen and oxygen atoms in total. The van der Waals surface area contributed by atoms with Gasteiger partial charge in [-0.3, -0.25) is 4.79 Å². The minimum Gasteiger partial charge on any atom is -0.467 e. The van der Waals surface area contributed by atoms with Crippen LogP contribution < -0.4 is 10.6 Å². The van der Waals surface area contributed by atoms with E-state index in [2.05, 4.69) is 10.6 Å². The summed E-state index contributed by atoms with van der Waals surface area (Å²) in [5, 5.41) is 6.52. The molecule has 0 aliphatic carbocycles. The monoisotopic (exact) mass is 234 g/mol. The van der Waals surface area contributed by atoms with Crippen LogP contribution in [0.4, 0.5) is 0 Å². The van der Waals surface area contributed by atoms with E-state index in [9.17, 15) is 4.79 Å².